The average molecular weight is 305 g/mol. The number of halogens is 1. The molecule has 0 atom stereocenters. The lowest BCUT2D eigenvalue weighted by Crippen LogP contribution is -2.29. The molecule has 0 aliphatic heterocycles. The Morgan fingerprint density at radius 3 is 2.69 bits per heavy atom. The molecule has 0 fully saturated rings. The molecule has 0 radical (unpaired) electrons. The molecule has 0 aliphatic carbocycles. The summed E-state index contributed by atoms with van der Waals surface area (Å²) < 4.78 is 2.99. The van der Waals surface area contributed by atoms with Gasteiger partial charge in [-0.05, 0) is 29.4 Å². The van der Waals surface area contributed by atoms with E-state index >= 15 is 0 Å². The number of likely N-dealkylation sites (N-methyl/N-ethyl adjacent to an activating group) is 1. The molecule has 4 nitrogen and oxygen atoms in total. The Morgan fingerprint density at radius 2 is 2.25 bits per heavy atom. The minimum atomic E-state index is 0.511. The smallest absolute Gasteiger partial charge is 0.0870 e. The van der Waals surface area contributed by atoms with Gasteiger partial charge in [0.25, 0.3) is 0 Å². The molecule has 16 heavy (non-hydrogen) atoms. The average Bonchev–Trinajstić information content (AvgIpc) is 2.44. The van der Waals surface area contributed by atoms with E-state index in [0.717, 1.165) is 28.8 Å². The van der Waals surface area contributed by atoms with Crippen LogP contribution in [0.5, 0.6) is 0 Å². The third-order valence-corrected chi connectivity index (χ3v) is 3.39. The van der Waals surface area contributed by atoms with Crippen LogP contribution < -0.4 is 5.73 Å². The van der Waals surface area contributed by atoms with Crippen molar-refractivity contribution in [2.75, 3.05) is 13.6 Å². The Kier molecular flexibility index (Phi) is 4.89. The Bertz CT molecular complexity index is 388. The van der Waals surface area contributed by atoms with Crippen molar-refractivity contribution in [1.29, 1.82) is 0 Å². The predicted octanol–water partition coefficient (Wildman–Crippen LogP) is 1.46. The zero-order valence-electron chi connectivity index (χ0n) is 9.83. The van der Waals surface area contributed by atoms with E-state index in [-0.39, 0.29) is 0 Å². The van der Waals surface area contributed by atoms with Gasteiger partial charge in [-0.2, -0.15) is 5.10 Å². The quantitative estimate of drug-likeness (QED) is 0.837. The topological polar surface area (TPSA) is 47.1 Å². The predicted molar refractivity (Wildman–Crippen MR) is 73.4 cm³/mol. The van der Waals surface area contributed by atoms with Crippen molar-refractivity contribution in [2.45, 2.75) is 19.9 Å². The Morgan fingerprint density at radius 1 is 1.62 bits per heavy atom. The molecule has 0 unspecified atom stereocenters. The van der Waals surface area contributed by atoms with E-state index < -0.39 is 0 Å². The van der Waals surface area contributed by atoms with Crippen LogP contribution >= 0.6 is 28.1 Å². The molecule has 0 saturated heterocycles. The summed E-state index contributed by atoms with van der Waals surface area (Å²) in [4.78, 5) is 2.58. The Labute approximate surface area is 110 Å². The normalized spacial score (nSPS) is 11.1. The number of thiocarbonyl (C=S) groups is 1. The maximum atomic E-state index is 5.51. The van der Waals surface area contributed by atoms with Crippen molar-refractivity contribution in [3.05, 3.63) is 15.9 Å². The minimum absolute atomic E-state index is 0.511. The van der Waals surface area contributed by atoms with Crippen molar-refractivity contribution in [3.63, 3.8) is 0 Å². The molecular weight excluding hydrogens is 288 g/mol. The van der Waals surface area contributed by atoms with Crippen LogP contribution in [0.25, 0.3) is 0 Å². The lowest BCUT2D eigenvalue weighted by molar-refractivity contribution is 0.361. The van der Waals surface area contributed by atoms with Crippen molar-refractivity contribution >= 4 is 33.1 Å². The summed E-state index contributed by atoms with van der Waals surface area (Å²) in [6.07, 6.45) is 0.924. The van der Waals surface area contributed by atoms with Gasteiger partial charge >= 0.3 is 0 Å². The highest BCUT2D eigenvalue weighted by atomic mass is 79.9. The SMILES string of the molecule is CCc1nn(C)c(CN(C)CC(N)=S)c1Br. The van der Waals surface area contributed by atoms with Gasteiger partial charge in [-0.1, -0.05) is 19.1 Å². The summed E-state index contributed by atoms with van der Waals surface area (Å²) >= 11 is 8.47. The summed E-state index contributed by atoms with van der Waals surface area (Å²) in [6.45, 7) is 3.49. The number of nitrogens with zero attached hydrogens (tertiary/aromatic N) is 3. The van der Waals surface area contributed by atoms with Gasteiger partial charge in [0, 0.05) is 20.1 Å². The molecule has 0 aromatic carbocycles. The van der Waals surface area contributed by atoms with E-state index in [4.69, 9.17) is 18.0 Å². The molecule has 1 rings (SSSR count). The zero-order valence-corrected chi connectivity index (χ0v) is 12.2. The van der Waals surface area contributed by atoms with Gasteiger partial charge in [0.2, 0.25) is 0 Å². The summed E-state index contributed by atoms with van der Waals surface area (Å²) in [5.41, 5.74) is 7.74. The van der Waals surface area contributed by atoms with Gasteiger partial charge in [-0.15, -0.1) is 0 Å². The first-order valence-electron chi connectivity index (χ1n) is 5.12. The molecule has 0 aliphatic rings. The fraction of sp³-hybridized carbons (Fsp3) is 0.600. The third-order valence-electron chi connectivity index (χ3n) is 2.35. The van der Waals surface area contributed by atoms with Crippen molar-refractivity contribution in [3.8, 4) is 0 Å². The first-order chi connectivity index (χ1) is 7.45. The molecule has 1 heterocycles. The van der Waals surface area contributed by atoms with E-state index in [0.29, 0.717) is 11.5 Å². The van der Waals surface area contributed by atoms with E-state index in [2.05, 4.69) is 32.9 Å². The van der Waals surface area contributed by atoms with E-state index in [1.807, 2.05) is 18.8 Å². The van der Waals surface area contributed by atoms with Gasteiger partial charge in [0.15, 0.2) is 0 Å². The standard InChI is InChI=1S/C10H17BrN4S/c1-4-7-10(11)8(15(3)13-7)5-14(2)6-9(12)16/h4-6H2,1-3H3,(H2,12,16). The van der Waals surface area contributed by atoms with Crippen LogP contribution in [0.1, 0.15) is 18.3 Å². The molecule has 2 N–H and O–H groups in total. The molecule has 0 bridgehead atoms. The Hall–Kier alpha value is -0.460. The number of rotatable bonds is 5. The largest absolute Gasteiger partial charge is 0.392 e. The van der Waals surface area contributed by atoms with E-state index in [1.54, 1.807) is 0 Å². The molecule has 1 aromatic rings. The lowest BCUT2D eigenvalue weighted by Gasteiger charge is -2.15. The number of aromatic nitrogens is 2. The Balaban J connectivity index is 2.80. The maximum Gasteiger partial charge on any atom is 0.0870 e. The van der Waals surface area contributed by atoms with Crippen molar-refractivity contribution < 1.29 is 0 Å². The van der Waals surface area contributed by atoms with Crippen LogP contribution in [-0.4, -0.2) is 33.3 Å². The van der Waals surface area contributed by atoms with E-state index in [1.165, 1.54) is 0 Å². The van der Waals surface area contributed by atoms with Crippen molar-refractivity contribution in [1.82, 2.24) is 14.7 Å². The molecular formula is C10H17BrN4S. The van der Waals surface area contributed by atoms with Gasteiger partial charge in [-0.3, -0.25) is 9.58 Å². The second-order valence-electron chi connectivity index (χ2n) is 3.82. The number of aryl methyl sites for hydroxylation is 2. The number of hydrogen-bond acceptors (Lipinski definition) is 3. The third kappa shape index (κ3) is 3.26. The summed E-state index contributed by atoms with van der Waals surface area (Å²) in [6, 6.07) is 0. The summed E-state index contributed by atoms with van der Waals surface area (Å²) in [7, 11) is 3.94. The fourth-order valence-electron chi connectivity index (χ4n) is 1.57. The van der Waals surface area contributed by atoms with Crippen LogP contribution in [0.2, 0.25) is 0 Å². The van der Waals surface area contributed by atoms with Gasteiger partial charge in [0.05, 0.1) is 20.8 Å². The maximum absolute atomic E-state index is 5.51. The second-order valence-corrected chi connectivity index (χ2v) is 5.14. The van der Waals surface area contributed by atoms with Gasteiger partial charge in [-0.25, -0.2) is 0 Å². The highest BCUT2D eigenvalue weighted by molar-refractivity contribution is 9.10. The van der Waals surface area contributed by atoms with Crippen LogP contribution in [0.3, 0.4) is 0 Å². The molecule has 0 amide bonds. The number of nitrogens with two attached hydrogens (primary N) is 1. The summed E-state index contributed by atoms with van der Waals surface area (Å²) in [5, 5.41) is 4.44. The molecule has 6 heteroatoms. The lowest BCUT2D eigenvalue weighted by atomic mass is 10.3. The minimum Gasteiger partial charge on any atom is -0.392 e. The molecule has 1 aromatic heterocycles. The first-order valence-corrected chi connectivity index (χ1v) is 6.32. The van der Waals surface area contributed by atoms with Crippen LogP contribution in [-0.2, 0) is 20.0 Å². The molecule has 0 spiro atoms. The highest BCUT2D eigenvalue weighted by Crippen LogP contribution is 2.22. The van der Waals surface area contributed by atoms with Gasteiger partial charge < -0.3 is 5.73 Å². The van der Waals surface area contributed by atoms with Crippen LogP contribution in [0.4, 0.5) is 0 Å². The van der Waals surface area contributed by atoms with Gasteiger partial charge in [0.1, 0.15) is 0 Å². The summed E-state index contributed by atoms with van der Waals surface area (Å²) in [5.74, 6) is 0. The van der Waals surface area contributed by atoms with Crippen LogP contribution in [0, 0.1) is 0 Å². The fourth-order valence-corrected chi connectivity index (χ4v) is 2.53. The second kappa shape index (κ2) is 5.75. The van der Waals surface area contributed by atoms with Crippen LogP contribution in [0.15, 0.2) is 4.47 Å². The monoisotopic (exact) mass is 304 g/mol. The highest BCUT2D eigenvalue weighted by Gasteiger charge is 2.14. The van der Waals surface area contributed by atoms with Crippen molar-refractivity contribution in [2.24, 2.45) is 12.8 Å². The van der Waals surface area contributed by atoms with E-state index in [9.17, 15) is 0 Å². The zero-order chi connectivity index (χ0) is 12.3. The molecule has 0 saturated carbocycles. The first kappa shape index (κ1) is 13.6. The molecule has 90 valence electrons. The number of hydrogen-bond donors (Lipinski definition) is 1.